The van der Waals surface area contributed by atoms with Crippen LogP contribution in [0.3, 0.4) is 0 Å². The van der Waals surface area contributed by atoms with Crippen molar-refractivity contribution in [3.8, 4) is 0 Å². The van der Waals surface area contributed by atoms with Crippen LogP contribution in [0.2, 0.25) is 0 Å². The highest BCUT2D eigenvalue weighted by Crippen LogP contribution is 2.24. The zero-order chi connectivity index (χ0) is 9.80. The fourth-order valence-electron chi connectivity index (χ4n) is 1.39. The Labute approximate surface area is 88.9 Å². The lowest BCUT2D eigenvalue weighted by Gasteiger charge is -2.09. The van der Waals surface area contributed by atoms with Crippen molar-refractivity contribution >= 4 is 11.8 Å². The summed E-state index contributed by atoms with van der Waals surface area (Å²) in [6.45, 7) is 2.15. The predicted molar refractivity (Wildman–Crippen MR) is 61.8 cm³/mol. The molecule has 2 heteroatoms. The molecule has 1 aromatic rings. The molecular formula is C12H12NS. The van der Waals surface area contributed by atoms with Gasteiger partial charge < -0.3 is 0 Å². The summed E-state index contributed by atoms with van der Waals surface area (Å²) in [4.78, 5) is 1.31. The normalized spacial score (nSPS) is 14.8. The lowest BCUT2D eigenvalue weighted by atomic mass is 10.1. The molecular weight excluding hydrogens is 190 g/mol. The zero-order valence-corrected chi connectivity index (χ0v) is 8.92. The predicted octanol–water partition coefficient (Wildman–Crippen LogP) is 3.20. The van der Waals surface area contributed by atoms with Gasteiger partial charge in [0.15, 0.2) is 0 Å². The standard InChI is InChI=1S/C12H12NS/c1-10-4-2-3-5-11(10)8-12-9-13-6-7-14-12/h2-7,9H,8H2,1H3. The van der Waals surface area contributed by atoms with E-state index in [9.17, 15) is 0 Å². The van der Waals surface area contributed by atoms with Crippen LogP contribution in [0.25, 0.3) is 0 Å². The molecule has 0 saturated carbocycles. The van der Waals surface area contributed by atoms with Crippen molar-refractivity contribution in [2.45, 2.75) is 13.3 Å². The fraction of sp³-hybridized carbons (Fsp3) is 0.167. The second-order valence-corrected chi connectivity index (χ2v) is 4.28. The number of rotatable bonds is 2. The van der Waals surface area contributed by atoms with Crippen LogP contribution in [-0.4, -0.2) is 0 Å². The van der Waals surface area contributed by atoms with Gasteiger partial charge in [-0.25, -0.2) is 0 Å². The molecule has 1 heterocycles. The number of thioether (sulfide) groups is 1. The van der Waals surface area contributed by atoms with Crippen molar-refractivity contribution in [1.82, 2.24) is 5.32 Å². The minimum Gasteiger partial charge on any atom is -0.263 e. The van der Waals surface area contributed by atoms with Gasteiger partial charge in [0.25, 0.3) is 0 Å². The van der Waals surface area contributed by atoms with E-state index in [2.05, 4.69) is 36.5 Å². The summed E-state index contributed by atoms with van der Waals surface area (Å²) in [6.07, 6.45) is 4.76. The van der Waals surface area contributed by atoms with Crippen LogP contribution in [0.4, 0.5) is 0 Å². The molecule has 0 N–H and O–H groups in total. The minimum absolute atomic E-state index is 0.991. The third kappa shape index (κ3) is 2.20. The second-order valence-electron chi connectivity index (χ2n) is 3.25. The lowest BCUT2D eigenvalue weighted by molar-refractivity contribution is 1.11. The summed E-state index contributed by atoms with van der Waals surface area (Å²) in [5.74, 6) is 0. The molecule has 0 bridgehead atoms. The summed E-state index contributed by atoms with van der Waals surface area (Å²) in [5.41, 5.74) is 2.74. The highest BCUT2D eigenvalue weighted by molar-refractivity contribution is 8.05. The van der Waals surface area contributed by atoms with Gasteiger partial charge in [-0.2, -0.15) is 0 Å². The van der Waals surface area contributed by atoms with Crippen LogP contribution in [0.1, 0.15) is 11.1 Å². The van der Waals surface area contributed by atoms with Gasteiger partial charge >= 0.3 is 0 Å². The maximum absolute atomic E-state index is 4.12. The van der Waals surface area contributed by atoms with Crippen molar-refractivity contribution in [2.75, 3.05) is 0 Å². The van der Waals surface area contributed by atoms with Gasteiger partial charge in [-0.05, 0) is 23.5 Å². The van der Waals surface area contributed by atoms with Crippen LogP contribution in [0.5, 0.6) is 0 Å². The summed E-state index contributed by atoms with van der Waals surface area (Å²) in [7, 11) is 0. The van der Waals surface area contributed by atoms with Gasteiger partial charge in [0.05, 0.1) is 0 Å². The quantitative estimate of drug-likeness (QED) is 0.718. The number of aryl methyl sites for hydroxylation is 1. The number of benzene rings is 1. The smallest absolute Gasteiger partial charge is 0.0369 e. The molecule has 0 fully saturated rings. The Kier molecular flexibility index (Phi) is 2.94. The minimum atomic E-state index is 0.991. The van der Waals surface area contributed by atoms with Crippen molar-refractivity contribution < 1.29 is 0 Å². The van der Waals surface area contributed by atoms with Gasteiger partial charge in [0, 0.05) is 23.7 Å². The largest absolute Gasteiger partial charge is 0.263 e. The monoisotopic (exact) mass is 202 g/mol. The maximum atomic E-state index is 4.12. The molecule has 1 aliphatic heterocycles. The van der Waals surface area contributed by atoms with E-state index in [4.69, 9.17) is 0 Å². The number of nitrogens with zero attached hydrogens (tertiary/aromatic N) is 1. The Bertz CT molecular complexity index is 380. The first-order valence-corrected chi connectivity index (χ1v) is 5.49. The molecule has 0 amide bonds. The highest BCUT2D eigenvalue weighted by Gasteiger charge is 2.03. The van der Waals surface area contributed by atoms with E-state index in [1.807, 2.05) is 17.8 Å². The van der Waals surface area contributed by atoms with E-state index in [-0.39, 0.29) is 0 Å². The Balaban J connectivity index is 2.11. The number of hydrogen-bond acceptors (Lipinski definition) is 1. The average Bonchev–Trinajstić information content (AvgIpc) is 2.23. The van der Waals surface area contributed by atoms with E-state index in [0.29, 0.717) is 0 Å². The molecule has 0 atom stereocenters. The Hall–Kier alpha value is -1.15. The molecule has 14 heavy (non-hydrogen) atoms. The third-order valence-electron chi connectivity index (χ3n) is 2.21. The van der Waals surface area contributed by atoms with Crippen LogP contribution >= 0.6 is 11.8 Å². The van der Waals surface area contributed by atoms with Crippen LogP contribution in [0, 0.1) is 6.92 Å². The molecule has 0 saturated heterocycles. The summed E-state index contributed by atoms with van der Waals surface area (Å²) in [5, 5.41) is 6.14. The average molecular weight is 202 g/mol. The molecule has 0 aromatic heterocycles. The van der Waals surface area contributed by atoms with Crippen LogP contribution in [-0.2, 0) is 6.42 Å². The third-order valence-corrected chi connectivity index (χ3v) is 3.02. The van der Waals surface area contributed by atoms with E-state index >= 15 is 0 Å². The van der Waals surface area contributed by atoms with Gasteiger partial charge in [-0.1, -0.05) is 36.0 Å². The topological polar surface area (TPSA) is 14.1 Å². The van der Waals surface area contributed by atoms with Gasteiger partial charge in [0.2, 0.25) is 0 Å². The number of hydrogen-bond donors (Lipinski definition) is 0. The molecule has 1 aliphatic rings. The first-order chi connectivity index (χ1) is 6.86. The van der Waals surface area contributed by atoms with Crippen molar-refractivity contribution in [3.63, 3.8) is 0 Å². The number of allylic oxidation sites excluding steroid dienone is 1. The van der Waals surface area contributed by atoms with E-state index in [1.165, 1.54) is 16.0 Å². The summed E-state index contributed by atoms with van der Waals surface area (Å²) >= 11 is 1.75. The van der Waals surface area contributed by atoms with Crippen LogP contribution in [0.15, 0.2) is 47.0 Å². The molecule has 1 aromatic carbocycles. The zero-order valence-electron chi connectivity index (χ0n) is 8.10. The first-order valence-electron chi connectivity index (χ1n) is 4.61. The lowest BCUT2D eigenvalue weighted by Crippen LogP contribution is -1.95. The van der Waals surface area contributed by atoms with E-state index in [1.54, 1.807) is 11.8 Å². The second kappa shape index (κ2) is 4.38. The Morgan fingerprint density at radius 3 is 2.86 bits per heavy atom. The van der Waals surface area contributed by atoms with Gasteiger partial charge in [-0.3, -0.25) is 5.32 Å². The molecule has 2 rings (SSSR count). The van der Waals surface area contributed by atoms with E-state index in [0.717, 1.165) is 6.42 Å². The molecule has 0 unspecified atom stereocenters. The molecule has 0 spiro atoms. The van der Waals surface area contributed by atoms with Crippen molar-refractivity contribution in [2.24, 2.45) is 0 Å². The molecule has 1 radical (unpaired) electrons. The molecule has 1 nitrogen and oxygen atoms in total. The van der Waals surface area contributed by atoms with Crippen LogP contribution < -0.4 is 5.32 Å². The Morgan fingerprint density at radius 2 is 2.14 bits per heavy atom. The van der Waals surface area contributed by atoms with Crippen molar-refractivity contribution in [1.29, 1.82) is 0 Å². The van der Waals surface area contributed by atoms with E-state index < -0.39 is 0 Å². The molecule has 0 aliphatic carbocycles. The maximum Gasteiger partial charge on any atom is 0.0369 e. The summed E-state index contributed by atoms with van der Waals surface area (Å²) < 4.78 is 0. The molecule has 71 valence electrons. The first kappa shape index (κ1) is 9.41. The van der Waals surface area contributed by atoms with Gasteiger partial charge in [0.1, 0.15) is 0 Å². The Morgan fingerprint density at radius 1 is 1.29 bits per heavy atom. The van der Waals surface area contributed by atoms with Crippen molar-refractivity contribution in [3.05, 3.63) is 58.1 Å². The fourth-order valence-corrected chi connectivity index (χ4v) is 2.06. The SMILES string of the molecule is Cc1ccccc1CC1=C[N]C=CS1. The van der Waals surface area contributed by atoms with Gasteiger partial charge in [-0.15, -0.1) is 0 Å². The highest BCUT2D eigenvalue weighted by atomic mass is 32.2. The summed E-state index contributed by atoms with van der Waals surface area (Å²) in [6, 6.07) is 8.49.